The molecule has 0 aromatic carbocycles. The second-order valence-corrected chi connectivity index (χ2v) is 5.43. The van der Waals surface area contributed by atoms with E-state index in [-0.39, 0.29) is 12.6 Å². The number of hydrogen-bond acceptors (Lipinski definition) is 8. The summed E-state index contributed by atoms with van der Waals surface area (Å²) in [4.78, 5) is 20.4. The maximum atomic E-state index is 9.33. The number of methoxy groups -OCH3 is 1. The first-order chi connectivity index (χ1) is 9.60. The van der Waals surface area contributed by atoms with E-state index in [9.17, 15) is 4.89 Å². The molecule has 3 heterocycles. The van der Waals surface area contributed by atoms with Gasteiger partial charge in [-0.2, -0.15) is 4.98 Å². The second kappa shape index (κ2) is 5.32. The summed E-state index contributed by atoms with van der Waals surface area (Å²) in [5.41, 5.74) is 6.66. The number of aromatic amines is 1. The molecule has 2 aromatic rings. The van der Waals surface area contributed by atoms with Crippen molar-refractivity contribution in [2.45, 2.75) is 12.3 Å². The maximum absolute atomic E-state index is 9.33. The van der Waals surface area contributed by atoms with Crippen LogP contribution in [0.25, 0.3) is 11.2 Å². The fraction of sp³-hybridized carbons (Fsp3) is 0.444. The van der Waals surface area contributed by atoms with Crippen molar-refractivity contribution in [1.82, 2.24) is 19.5 Å². The Labute approximate surface area is 119 Å². The van der Waals surface area contributed by atoms with Crippen LogP contribution in [-0.4, -0.2) is 44.2 Å². The first-order valence-electron chi connectivity index (χ1n) is 5.64. The molecule has 20 heavy (non-hydrogen) atoms. The van der Waals surface area contributed by atoms with Crippen LogP contribution in [0.5, 0.6) is 0 Å². The number of nitrogens with zero attached hydrogens (tertiary/aromatic N) is 3. The van der Waals surface area contributed by atoms with Gasteiger partial charge >= 0.3 is 8.60 Å². The molecule has 0 saturated carbocycles. The normalized spacial score (nSPS) is 24.3. The van der Waals surface area contributed by atoms with Crippen LogP contribution >= 0.6 is 20.8 Å². The third-order valence-electron chi connectivity index (χ3n) is 2.86. The highest BCUT2D eigenvalue weighted by Crippen LogP contribution is 2.44. The summed E-state index contributed by atoms with van der Waals surface area (Å²) in [6.07, 6.45) is 0.522. The summed E-state index contributed by atoms with van der Waals surface area (Å²) in [5, 5.41) is 0. The van der Waals surface area contributed by atoms with Crippen molar-refractivity contribution in [3.63, 3.8) is 0 Å². The largest absolute Gasteiger partial charge is 0.369 e. The highest BCUT2D eigenvalue weighted by atomic mass is 32.1. The molecule has 2 aromatic heterocycles. The summed E-state index contributed by atoms with van der Waals surface area (Å²) in [6.45, 7) is 0.218. The van der Waals surface area contributed by atoms with Crippen LogP contribution in [0.1, 0.15) is 6.23 Å². The van der Waals surface area contributed by atoms with Crippen LogP contribution in [0.3, 0.4) is 0 Å². The van der Waals surface area contributed by atoms with Crippen molar-refractivity contribution < 1.29 is 18.7 Å². The number of anilines is 1. The lowest BCUT2D eigenvalue weighted by Gasteiger charge is -2.21. The number of aromatic nitrogens is 4. The molecule has 1 aliphatic heterocycles. The van der Waals surface area contributed by atoms with Crippen LogP contribution in [0, 0.1) is 4.64 Å². The molecule has 4 N–H and O–H groups in total. The van der Waals surface area contributed by atoms with Crippen LogP contribution in [0.15, 0.2) is 6.33 Å². The monoisotopic (exact) mass is 317 g/mol. The van der Waals surface area contributed by atoms with Crippen LogP contribution in [0.4, 0.5) is 5.95 Å². The van der Waals surface area contributed by atoms with Gasteiger partial charge in [-0.05, 0) is 0 Å². The van der Waals surface area contributed by atoms with Gasteiger partial charge < -0.3 is 29.4 Å². The molecule has 11 heteroatoms. The number of imidazole rings is 1. The summed E-state index contributed by atoms with van der Waals surface area (Å²) >= 11 is 5.15. The highest BCUT2D eigenvalue weighted by Gasteiger charge is 2.35. The number of nitrogen functional groups attached to an aromatic ring is 1. The SMILES string of the molecule is COC(C1COP(O)O1)n1cnc2c(=S)[nH]c(N)nc21. The average molecular weight is 317 g/mol. The van der Waals surface area contributed by atoms with Gasteiger partial charge in [0.2, 0.25) is 5.95 Å². The van der Waals surface area contributed by atoms with E-state index >= 15 is 0 Å². The topological polar surface area (TPSA) is 120 Å². The van der Waals surface area contributed by atoms with E-state index in [1.54, 1.807) is 4.57 Å². The summed E-state index contributed by atoms with van der Waals surface area (Å²) in [7, 11) is -0.341. The number of nitrogens with two attached hydrogens (primary N) is 1. The van der Waals surface area contributed by atoms with Crippen molar-refractivity contribution in [3.8, 4) is 0 Å². The average Bonchev–Trinajstić information content (AvgIpc) is 2.99. The molecule has 108 valence electrons. The molecule has 0 radical (unpaired) electrons. The molecular formula is C9H12N5O4PS. The van der Waals surface area contributed by atoms with E-state index in [1.165, 1.54) is 13.4 Å². The third-order valence-corrected chi connectivity index (χ3v) is 3.98. The molecule has 1 aliphatic rings. The number of H-pyrrole nitrogens is 1. The lowest BCUT2D eigenvalue weighted by Crippen LogP contribution is -2.27. The van der Waals surface area contributed by atoms with Gasteiger partial charge in [0.15, 0.2) is 11.9 Å². The van der Waals surface area contributed by atoms with Gasteiger partial charge in [-0.1, -0.05) is 12.2 Å². The smallest absolute Gasteiger partial charge is 0.330 e. The molecule has 9 nitrogen and oxygen atoms in total. The van der Waals surface area contributed by atoms with E-state index in [0.29, 0.717) is 15.8 Å². The molecule has 0 spiro atoms. The number of nitrogens with one attached hydrogen (secondary N) is 1. The van der Waals surface area contributed by atoms with Crippen molar-refractivity contribution in [1.29, 1.82) is 0 Å². The molecule has 3 rings (SSSR count). The van der Waals surface area contributed by atoms with E-state index in [0.717, 1.165) is 0 Å². The predicted molar refractivity (Wildman–Crippen MR) is 73.1 cm³/mol. The van der Waals surface area contributed by atoms with Gasteiger partial charge in [-0.3, -0.25) is 4.57 Å². The Morgan fingerprint density at radius 2 is 2.55 bits per heavy atom. The molecule has 3 atom stereocenters. The first-order valence-corrected chi connectivity index (χ1v) is 7.18. The Kier molecular flexibility index (Phi) is 3.67. The maximum Gasteiger partial charge on any atom is 0.330 e. The number of fused-ring (bicyclic) bond motifs is 1. The molecule has 0 aliphatic carbocycles. The minimum absolute atomic E-state index is 0.187. The van der Waals surface area contributed by atoms with E-state index in [2.05, 4.69) is 15.0 Å². The van der Waals surface area contributed by atoms with Gasteiger partial charge in [0.1, 0.15) is 16.3 Å². The van der Waals surface area contributed by atoms with Crippen molar-refractivity contribution >= 4 is 37.9 Å². The lowest BCUT2D eigenvalue weighted by atomic mass is 10.3. The Bertz CT molecular complexity index is 691. The summed E-state index contributed by atoms with van der Waals surface area (Å²) in [6, 6.07) is 0. The Morgan fingerprint density at radius 3 is 3.20 bits per heavy atom. The van der Waals surface area contributed by atoms with Gasteiger partial charge in [-0.25, -0.2) is 4.98 Å². The minimum atomic E-state index is -1.86. The van der Waals surface area contributed by atoms with Crippen LogP contribution in [0.2, 0.25) is 0 Å². The third kappa shape index (κ3) is 2.30. The molecule has 0 amide bonds. The quantitative estimate of drug-likeness (QED) is 0.563. The van der Waals surface area contributed by atoms with Gasteiger partial charge in [0, 0.05) is 7.11 Å². The van der Waals surface area contributed by atoms with Gasteiger partial charge in [-0.15, -0.1) is 0 Å². The Morgan fingerprint density at radius 1 is 1.75 bits per heavy atom. The van der Waals surface area contributed by atoms with E-state index in [4.69, 9.17) is 31.7 Å². The predicted octanol–water partition coefficient (Wildman–Crippen LogP) is 0.851. The zero-order valence-corrected chi connectivity index (χ0v) is 12.1. The van der Waals surface area contributed by atoms with E-state index in [1.807, 2.05) is 0 Å². The zero-order valence-electron chi connectivity index (χ0n) is 10.4. The van der Waals surface area contributed by atoms with Crippen molar-refractivity contribution in [3.05, 3.63) is 11.0 Å². The van der Waals surface area contributed by atoms with E-state index < -0.39 is 20.9 Å². The summed E-state index contributed by atoms with van der Waals surface area (Å²) < 4.78 is 17.8. The van der Waals surface area contributed by atoms with Crippen LogP contribution < -0.4 is 5.73 Å². The first kappa shape index (κ1) is 13.8. The zero-order chi connectivity index (χ0) is 14.3. The number of ether oxygens (including phenoxy) is 1. The second-order valence-electron chi connectivity index (χ2n) is 4.08. The number of rotatable bonds is 3. The lowest BCUT2D eigenvalue weighted by molar-refractivity contribution is -0.0357. The standard InChI is InChI=1S/C9H12N5O4PS/c1-16-8(4-2-17-19(15)18-4)14-3-11-5-6(14)12-9(10)13-7(5)20/h3-4,8,15H,2H2,1H3,(H3,10,12,13,20). The minimum Gasteiger partial charge on any atom is -0.369 e. The number of hydrogen-bond donors (Lipinski definition) is 3. The molecule has 3 unspecified atom stereocenters. The fourth-order valence-electron chi connectivity index (χ4n) is 2.02. The molecule has 0 bridgehead atoms. The van der Waals surface area contributed by atoms with Crippen molar-refractivity contribution in [2.75, 3.05) is 19.5 Å². The highest BCUT2D eigenvalue weighted by molar-refractivity contribution is 7.71. The van der Waals surface area contributed by atoms with Gasteiger partial charge in [0.05, 0.1) is 12.9 Å². The van der Waals surface area contributed by atoms with Gasteiger partial charge in [0.25, 0.3) is 0 Å². The molecule has 1 saturated heterocycles. The molecular weight excluding hydrogens is 305 g/mol. The summed E-state index contributed by atoms with van der Waals surface area (Å²) in [5.74, 6) is 0.187. The Hall–Kier alpha value is -1.16. The fourth-order valence-corrected chi connectivity index (χ4v) is 3.00. The van der Waals surface area contributed by atoms with Crippen LogP contribution in [-0.2, 0) is 13.8 Å². The Balaban J connectivity index is 2.06. The molecule has 1 fully saturated rings. The van der Waals surface area contributed by atoms with Crippen molar-refractivity contribution in [2.24, 2.45) is 0 Å².